The summed E-state index contributed by atoms with van der Waals surface area (Å²) < 4.78 is 12.3. The van der Waals surface area contributed by atoms with Crippen LogP contribution in [-0.4, -0.2) is 11.1 Å². The van der Waals surface area contributed by atoms with Crippen LogP contribution in [-0.2, 0) is 4.79 Å². The van der Waals surface area contributed by atoms with E-state index in [0.717, 1.165) is 19.3 Å². The first-order valence-electron chi connectivity index (χ1n) is 7.75. The molecule has 1 amide bonds. The number of unbranched alkanes of at least 4 members (excludes halogenated alkanes) is 2. The molecule has 0 aromatic heterocycles. The second kappa shape index (κ2) is 14.7. The van der Waals surface area contributed by atoms with Crippen LogP contribution in [0.3, 0.4) is 0 Å². The fourth-order valence-electron chi connectivity index (χ4n) is 1.53. The summed E-state index contributed by atoms with van der Waals surface area (Å²) in [7, 11) is 0. The van der Waals surface area contributed by atoms with Gasteiger partial charge in [-0.15, -0.1) is 0 Å². The van der Waals surface area contributed by atoms with E-state index in [4.69, 9.17) is 5.21 Å². The van der Waals surface area contributed by atoms with Crippen molar-refractivity contribution in [2.75, 3.05) is 0 Å². The van der Waals surface area contributed by atoms with Crippen LogP contribution in [0.2, 0.25) is 0 Å². The summed E-state index contributed by atoms with van der Waals surface area (Å²) in [5.41, 5.74) is 2.29. The van der Waals surface area contributed by atoms with Crippen LogP contribution < -0.4 is 5.48 Å². The summed E-state index contributed by atoms with van der Waals surface area (Å²) in [6, 6.07) is 18.7. The van der Waals surface area contributed by atoms with Gasteiger partial charge in [-0.2, -0.15) is 0 Å². The van der Waals surface area contributed by atoms with E-state index < -0.39 is 0 Å². The number of hydrogen-bond donors (Lipinski definition) is 2. The maximum atomic E-state index is 12.3. The number of carbonyl (C=O) groups is 1. The maximum absolute atomic E-state index is 12.3. The van der Waals surface area contributed by atoms with Gasteiger partial charge < -0.3 is 0 Å². The highest BCUT2D eigenvalue weighted by Crippen LogP contribution is 2.02. The van der Waals surface area contributed by atoms with Gasteiger partial charge in [0.2, 0.25) is 5.91 Å². The molecule has 0 fully saturated rings. The number of carbonyl (C=O) groups excluding carboxylic acids is 1. The molecule has 0 bridgehead atoms. The standard InChI is InChI=1S/C7H7F.C6H13NO2.C6H6/c1-6-4-2-3-5-7(6)8;1-2-3-4-5-6(8)7-9;1-2-4-6-5-3-1/h2-5H,1H3;9H,2-5H2,1H3,(H,7,8);1-6H. The molecule has 0 atom stereocenters. The van der Waals surface area contributed by atoms with Gasteiger partial charge in [0.05, 0.1) is 0 Å². The first-order valence-corrected chi connectivity index (χ1v) is 7.75. The number of halogens is 1. The molecule has 126 valence electrons. The smallest absolute Gasteiger partial charge is 0.243 e. The zero-order valence-electron chi connectivity index (χ0n) is 13.8. The highest BCUT2D eigenvalue weighted by atomic mass is 19.1. The van der Waals surface area contributed by atoms with Crippen LogP contribution in [0.1, 0.15) is 38.2 Å². The molecule has 2 N–H and O–H groups in total. The molecule has 0 radical (unpaired) electrons. The van der Waals surface area contributed by atoms with E-state index in [1.807, 2.05) is 42.5 Å². The average Bonchev–Trinajstić information content (AvgIpc) is 2.60. The zero-order chi connectivity index (χ0) is 17.3. The van der Waals surface area contributed by atoms with Crippen molar-refractivity contribution in [3.05, 3.63) is 72.0 Å². The third-order valence-electron chi connectivity index (χ3n) is 2.88. The molecule has 0 aliphatic carbocycles. The van der Waals surface area contributed by atoms with Crippen molar-refractivity contribution < 1.29 is 14.4 Å². The molecule has 0 aliphatic rings. The molecule has 3 nitrogen and oxygen atoms in total. The largest absolute Gasteiger partial charge is 0.289 e. The average molecular weight is 319 g/mol. The van der Waals surface area contributed by atoms with Gasteiger partial charge in [-0.05, 0) is 25.0 Å². The highest BCUT2D eigenvalue weighted by molar-refractivity contribution is 5.74. The summed E-state index contributed by atoms with van der Waals surface area (Å²) in [6.45, 7) is 3.81. The third kappa shape index (κ3) is 13.2. The number of hydrogen-bond acceptors (Lipinski definition) is 2. The minimum absolute atomic E-state index is 0.132. The molecule has 0 saturated carbocycles. The molecule has 23 heavy (non-hydrogen) atoms. The van der Waals surface area contributed by atoms with Gasteiger partial charge in [-0.1, -0.05) is 74.4 Å². The van der Waals surface area contributed by atoms with E-state index in [2.05, 4.69) is 6.92 Å². The predicted octanol–water partition coefficient (Wildman–Crippen LogP) is 4.89. The Morgan fingerprint density at radius 3 is 1.87 bits per heavy atom. The topological polar surface area (TPSA) is 49.3 Å². The normalized spacial score (nSPS) is 8.87. The number of amides is 1. The Morgan fingerprint density at radius 2 is 1.52 bits per heavy atom. The number of aryl methyl sites for hydroxylation is 1. The summed E-state index contributed by atoms with van der Waals surface area (Å²) >= 11 is 0. The number of nitrogens with one attached hydrogen (secondary N) is 1. The Kier molecular flexibility index (Phi) is 13.3. The SMILES string of the molecule is CCCCCC(=O)NO.Cc1ccccc1F.c1ccccc1. The van der Waals surface area contributed by atoms with Gasteiger partial charge in [0.25, 0.3) is 0 Å². The molecule has 0 spiro atoms. The lowest BCUT2D eigenvalue weighted by molar-refractivity contribution is -0.129. The van der Waals surface area contributed by atoms with Crippen molar-refractivity contribution in [3.63, 3.8) is 0 Å². The Labute approximate surface area is 138 Å². The Bertz CT molecular complexity index is 470. The predicted molar refractivity (Wildman–Crippen MR) is 91.7 cm³/mol. The lowest BCUT2D eigenvalue weighted by atomic mass is 10.2. The fourth-order valence-corrected chi connectivity index (χ4v) is 1.53. The van der Waals surface area contributed by atoms with Crippen molar-refractivity contribution >= 4 is 5.91 Å². The fraction of sp³-hybridized carbons (Fsp3) is 0.316. The summed E-state index contributed by atoms with van der Waals surface area (Å²) in [6.07, 6.45) is 3.44. The van der Waals surface area contributed by atoms with Crippen molar-refractivity contribution in [1.29, 1.82) is 0 Å². The first-order chi connectivity index (χ1) is 11.1. The van der Waals surface area contributed by atoms with Crippen LogP contribution in [0.5, 0.6) is 0 Å². The van der Waals surface area contributed by atoms with Crippen LogP contribution in [0, 0.1) is 12.7 Å². The minimum atomic E-state index is -0.288. The summed E-state index contributed by atoms with van der Waals surface area (Å²) in [4.78, 5) is 10.3. The molecule has 0 saturated heterocycles. The van der Waals surface area contributed by atoms with Crippen molar-refractivity contribution in [2.45, 2.75) is 39.5 Å². The summed E-state index contributed by atoms with van der Waals surface area (Å²) in [5.74, 6) is -0.420. The van der Waals surface area contributed by atoms with E-state index in [0.29, 0.717) is 12.0 Å². The van der Waals surface area contributed by atoms with Gasteiger partial charge in [0.15, 0.2) is 0 Å². The third-order valence-corrected chi connectivity index (χ3v) is 2.88. The van der Waals surface area contributed by atoms with E-state index in [9.17, 15) is 9.18 Å². The molecule has 0 heterocycles. The number of benzene rings is 2. The molecule has 4 heteroatoms. The van der Waals surface area contributed by atoms with E-state index >= 15 is 0 Å². The van der Waals surface area contributed by atoms with Crippen LogP contribution >= 0.6 is 0 Å². The minimum Gasteiger partial charge on any atom is -0.289 e. The summed E-state index contributed by atoms with van der Waals surface area (Å²) in [5, 5.41) is 8.03. The van der Waals surface area contributed by atoms with Crippen LogP contribution in [0.4, 0.5) is 4.39 Å². The number of hydroxylamine groups is 1. The molecule has 2 aromatic rings. The van der Waals surface area contributed by atoms with E-state index in [-0.39, 0.29) is 11.7 Å². The quantitative estimate of drug-likeness (QED) is 0.479. The molecule has 0 unspecified atom stereocenters. The van der Waals surface area contributed by atoms with Gasteiger partial charge in [0.1, 0.15) is 5.82 Å². The molecule has 0 aliphatic heterocycles. The van der Waals surface area contributed by atoms with E-state index in [1.165, 1.54) is 6.07 Å². The van der Waals surface area contributed by atoms with Gasteiger partial charge in [-0.25, -0.2) is 9.87 Å². The second-order valence-electron chi connectivity index (χ2n) is 4.90. The van der Waals surface area contributed by atoms with Gasteiger partial charge in [0, 0.05) is 6.42 Å². The van der Waals surface area contributed by atoms with Gasteiger partial charge in [-0.3, -0.25) is 10.0 Å². The monoisotopic (exact) mass is 319 g/mol. The lowest BCUT2D eigenvalue weighted by Crippen LogP contribution is -2.17. The Morgan fingerprint density at radius 1 is 1.00 bits per heavy atom. The molecular weight excluding hydrogens is 293 g/mol. The second-order valence-corrected chi connectivity index (χ2v) is 4.90. The first kappa shape index (κ1) is 20.8. The van der Waals surface area contributed by atoms with Crippen molar-refractivity contribution in [3.8, 4) is 0 Å². The van der Waals surface area contributed by atoms with Crippen molar-refractivity contribution in [2.24, 2.45) is 0 Å². The molecule has 2 aromatic carbocycles. The van der Waals surface area contributed by atoms with Crippen LogP contribution in [0.15, 0.2) is 60.7 Å². The molecule has 2 rings (SSSR count). The lowest BCUT2D eigenvalue weighted by Gasteiger charge is -1.95. The molecular formula is C19H26FNO2. The Balaban J connectivity index is 0.000000321. The van der Waals surface area contributed by atoms with Crippen LogP contribution in [0.25, 0.3) is 0 Å². The van der Waals surface area contributed by atoms with Crippen molar-refractivity contribution in [1.82, 2.24) is 5.48 Å². The Hall–Kier alpha value is -2.20. The maximum Gasteiger partial charge on any atom is 0.243 e. The van der Waals surface area contributed by atoms with Gasteiger partial charge >= 0.3 is 0 Å². The highest BCUT2D eigenvalue weighted by Gasteiger charge is 1.95. The number of rotatable bonds is 4. The zero-order valence-corrected chi connectivity index (χ0v) is 13.8. The van der Waals surface area contributed by atoms with E-state index in [1.54, 1.807) is 24.5 Å².